The lowest BCUT2D eigenvalue weighted by Gasteiger charge is -2.17. The topological polar surface area (TPSA) is 41.1 Å². The van der Waals surface area contributed by atoms with Gasteiger partial charge >= 0.3 is 0 Å². The number of fused-ring (bicyclic) bond motifs is 1. The SMILES string of the molecule is CC(Cc1ccccc1)NC(=O)[C@@H]1Cc2ccccc2N1. The molecule has 2 aromatic carbocycles. The molecule has 108 valence electrons. The van der Waals surface area contributed by atoms with E-state index in [1.165, 1.54) is 11.1 Å². The molecule has 0 saturated heterocycles. The molecule has 2 atom stereocenters. The molecule has 2 aromatic rings. The zero-order valence-corrected chi connectivity index (χ0v) is 12.2. The largest absolute Gasteiger partial charge is 0.373 e. The van der Waals surface area contributed by atoms with Crippen molar-refractivity contribution in [1.29, 1.82) is 0 Å². The van der Waals surface area contributed by atoms with Crippen LogP contribution in [0.4, 0.5) is 5.69 Å². The van der Waals surface area contributed by atoms with E-state index in [0.717, 1.165) is 18.5 Å². The van der Waals surface area contributed by atoms with Gasteiger partial charge in [0.2, 0.25) is 5.91 Å². The summed E-state index contributed by atoms with van der Waals surface area (Å²) in [7, 11) is 0. The minimum Gasteiger partial charge on any atom is -0.373 e. The van der Waals surface area contributed by atoms with E-state index in [-0.39, 0.29) is 18.0 Å². The molecule has 1 amide bonds. The van der Waals surface area contributed by atoms with Crippen molar-refractivity contribution in [2.24, 2.45) is 0 Å². The van der Waals surface area contributed by atoms with Gasteiger partial charge in [-0.25, -0.2) is 0 Å². The first-order valence-corrected chi connectivity index (χ1v) is 7.41. The number of hydrogen-bond donors (Lipinski definition) is 2. The number of nitrogens with one attached hydrogen (secondary N) is 2. The first kappa shape index (κ1) is 13.7. The van der Waals surface area contributed by atoms with Gasteiger partial charge in [0.1, 0.15) is 6.04 Å². The number of anilines is 1. The van der Waals surface area contributed by atoms with Gasteiger partial charge in [0, 0.05) is 18.2 Å². The first-order valence-electron chi connectivity index (χ1n) is 7.41. The maximum Gasteiger partial charge on any atom is 0.243 e. The molecule has 0 radical (unpaired) electrons. The third-order valence-corrected chi connectivity index (χ3v) is 3.86. The Morgan fingerprint density at radius 2 is 1.90 bits per heavy atom. The van der Waals surface area contributed by atoms with Crippen LogP contribution in [0.15, 0.2) is 54.6 Å². The van der Waals surface area contributed by atoms with Crippen LogP contribution < -0.4 is 10.6 Å². The third kappa shape index (κ3) is 3.24. The number of benzene rings is 2. The molecule has 2 N–H and O–H groups in total. The van der Waals surface area contributed by atoms with Crippen molar-refractivity contribution in [2.75, 3.05) is 5.32 Å². The predicted molar refractivity (Wildman–Crippen MR) is 85.3 cm³/mol. The van der Waals surface area contributed by atoms with Crippen LogP contribution in [-0.4, -0.2) is 18.0 Å². The fraction of sp³-hybridized carbons (Fsp3) is 0.278. The maximum atomic E-state index is 12.3. The summed E-state index contributed by atoms with van der Waals surface area (Å²) in [6.07, 6.45) is 1.62. The molecule has 0 fully saturated rings. The van der Waals surface area contributed by atoms with E-state index in [2.05, 4.69) is 28.8 Å². The molecule has 0 aliphatic carbocycles. The Morgan fingerprint density at radius 3 is 2.67 bits per heavy atom. The fourth-order valence-corrected chi connectivity index (χ4v) is 2.82. The highest BCUT2D eigenvalue weighted by Gasteiger charge is 2.26. The average molecular weight is 280 g/mol. The van der Waals surface area contributed by atoms with Gasteiger partial charge in [-0.1, -0.05) is 48.5 Å². The number of amides is 1. The highest BCUT2D eigenvalue weighted by Crippen LogP contribution is 2.25. The highest BCUT2D eigenvalue weighted by molar-refractivity contribution is 5.87. The molecular formula is C18H20N2O. The van der Waals surface area contributed by atoms with Crippen LogP contribution in [0.2, 0.25) is 0 Å². The van der Waals surface area contributed by atoms with Gasteiger partial charge in [0.25, 0.3) is 0 Å². The summed E-state index contributed by atoms with van der Waals surface area (Å²) in [5.74, 6) is 0.0784. The normalized spacial score (nSPS) is 17.7. The summed E-state index contributed by atoms with van der Waals surface area (Å²) in [6, 6.07) is 18.3. The molecule has 0 bridgehead atoms. The van der Waals surface area contributed by atoms with E-state index >= 15 is 0 Å². The molecule has 1 heterocycles. The quantitative estimate of drug-likeness (QED) is 0.904. The summed E-state index contributed by atoms with van der Waals surface area (Å²) in [5.41, 5.74) is 3.54. The number of hydrogen-bond acceptors (Lipinski definition) is 2. The molecule has 1 aliphatic rings. The van der Waals surface area contributed by atoms with Crippen molar-refractivity contribution in [1.82, 2.24) is 5.32 Å². The van der Waals surface area contributed by atoms with E-state index in [9.17, 15) is 4.79 Å². The van der Waals surface area contributed by atoms with Crippen LogP contribution in [0.25, 0.3) is 0 Å². The van der Waals surface area contributed by atoms with Gasteiger partial charge in [-0.2, -0.15) is 0 Å². The van der Waals surface area contributed by atoms with Gasteiger partial charge in [0.05, 0.1) is 0 Å². The zero-order valence-electron chi connectivity index (χ0n) is 12.2. The van der Waals surface area contributed by atoms with Crippen LogP contribution in [-0.2, 0) is 17.6 Å². The molecular weight excluding hydrogens is 260 g/mol. The third-order valence-electron chi connectivity index (χ3n) is 3.86. The molecule has 1 aliphatic heterocycles. The Labute approximate surface area is 125 Å². The lowest BCUT2D eigenvalue weighted by Crippen LogP contribution is -2.43. The lowest BCUT2D eigenvalue weighted by atomic mass is 10.1. The molecule has 3 nitrogen and oxygen atoms in total. The zero-order chi connectivity index (χ0) is 14.7. The van der Waals surface area contributed by atoms with E-state index in [1.54, 1.807) is 0 Å². The number of rotatable bonds is 4. The van der Waals surface area contributed by atoms with Crippen LogP contribution in [0.1, 0.15) is 18.1 Å². The monoisotopic (exact) mass is 280 g/mol. The maximum absolute atomic E-state index is 12.3. The Kier molecular flexibility index (Phi) is 3.91. The van der Waals surface area contributed by atoms with Crippen LogP contribution in [0.5, 0.6) is 0 Å². The molecule has 21 heavy (non-hydrogen) atoms. The summed E-state index contributed by atoms with van der Waals surface area (Å²) in [6.45, 7) is 2.05. The molecule has 0 saturated carbocycles. The second-order valence-electron chi connectivity index (χ2n) is 5.66. The number of carbonyl (C=O) groups excluding carboxylic acids is 1. The minimum absolute atomic E-state index is 0.0784. The number of para-hydroxylation sites is 1. The first-order chi connectivity index (χ1) is 10.2. The second-order valence-corrected chi connectivity index (χ2v) is 5.66. The smallest absolute Gasteiger partial charge is 0.243 e. The van der Waals surface area contributed by atoms with Crippen molar-refractivity contribution >= 4 is 11.6 Å². The van der Waals surface area contributed by atoms with Gasteiger partial charge < -0.3 is 10.6 Å². The van der Waals surface area contributed by atoms with E-state index in [4.69, 9.17) is 0 Å². The molecule has 0 aromatic heterocycles. The van der Waals surface area contributed by atoms with Gasteiger partial charge in [-0.3, -0.25) is 4.79 Å². The predicted octanol–water partition coefficient (Wildman–Crippen LogP) is 2.77. The molecule has 3 heteroatoms. The summed E-state index contributed by atoms with van der Waals surface area (Å²) >= 11 is 0. The van der Waals surface area contributed by atoms with Crippen molar-refractivity contribution in [3.8, 4) is 0 Å². The molecule has 0 spiro atoms. The minimum atomic E-state index is -0.152. The van der Waals surface area contributed by atoms with Crippen molar-refractivity contribution in [2.45, 2.75) is 31.8 Å². The van der Waals surface area contributed by atoms with E-state index < -0.39 is 0 Å². The highest BCUT2D eigenvalue weighted by atomic mass is 16.2. The lowest BCUT2D eigenvalue weighted by molar-refractivity contribution is -0.122. The Bertz CT molecular complexity index is 599. The summed E-state index contributed by atoms with van der Waals surface area (Å²) in [4.78, 5) is 12.3. The fourth-order valence-electron chi connectivity index (χ4n) is 2.82. The van der Waals surface area contributed by atoms with Gasteiger partial charge in [-0.05, 0) is 30.5 Å². The Hall–Kier alpha value is -2.29. The van der Waals surface area contributed by atoms with E-state index in [1.807, 2.05) is 43.3 Å². The van der Waals surface area contributed by atoms with Crippen molar-refractivity contribution in [3.05, 3.63) is 65.7 Å². The Balaban J connectivity index is 1.55. The summed E-state index contributed by atoms with van der Waals surface area (Å²) in [5, 5.41) is 6.40. The van der Waals surface area contributed by atoms with E-state index in [0.29, 0.717) is 0 Å². The average Bonchev–Trinajstić information content (AvgIpc) is 2.92. The summed E-state index contributed by atoms with van der Waals surface area (Å²) < 4.78 is 0. The van der Waals surface area contributed by atoms with Crippen LogP contribution in [0.3, 0.4) is 0 Å². The number of carbonyl (C=O) groups is 1. The van der Waals surface area contributed by atoms with Crippen molar-refractivity contribution in [3.63, 3.8) is 0 Å². The molecule has 3 rings (SSSR count). The second kappa shape index (κ2) is 6.00. The van der Waals surface area contributed by atoms with Crippen molar-refractivity contribution < 1.29 is 4.79 Å². The Morgan fingerprint density at radius 1 is 1.19 bits per heavy atom. The van der Waals surface area contributed by atoms with Gasteiger partial charge in [-0.15, -0.1) is 0 Å². The van der Waals surface area contributed by atoms with Crippen LogP contribution >= 0.6 is 0 Å². The van der Waals surface area contributed by atoms with Gasteiger partial charge in [0.15, 0.2) is 0 Å². The standard InChI is InChI=1S/C18H20N2O/c1-13(11-14-7-3-2-4-8-14)19-18(21)17-12-15-9-5-6-10-16(15)20-17/h2-10,13,17,20H,11-12H2,1H3,(H,19,21)/t13?,17-/m0/s1. The molecule has 1 unspecified atom stereocenters. The van der Waals surface area contributed by atoms with Crippen LogP contribution in [0, 0.1) is 0 Å².